The third kappa shape index (κ3) is 3.33. The first-order valence-corrected chi connectivity index (χ1v) is 8.40. The van der Waals surface area contributed by atoms with Gasteiger partial charge in [-0.05, 0) is 24.6 Å². The molecule has 4 rings (SSSR count). The molecule has 1 unspecified atom stereocenters. The highest BCUT2D eigenvalue weighted by atomic mass is 19.3. The van der Waals surface area contributed by atoms with Crippen LogP contribution >= 0.6 is 0 Å². The van der Waals surface area contributed by atoms with Crippen molar-refractivity contribution < 1.29 is 13.6 Å². The van der Waals surface area contributed by atoms with Crippen molar-refractivity contribution in [3.8, 4) is 11.4 Å². The Bertz CT molecular complexity index is 756. The molecule has 2 aromatic heterocycles. The van der Waals surface area contributed by atoms with Gasteiger partial charge in [-0.25, -0.2) is 18.7 Å². The van der Waals surface area contributed by atoms with E-state index in [1.54, 1.807) is 6.20 Å². The molecule has 2 aliphatic rings. The maximum atomic E-state index is 12.9. The number of amides is 1. The molecule has 1 saturated heterocycles. The molecule has 2 N–H and O–H groups in total. The fraction of sp³-hybridized carbons (Fsp3) is 0.471. The average molecular weight is 347 g/mol. The van der Waals surface area contributed by atoms with E-state index in [4.69, 9.17) is 0 Å². The van der Waals surface area contributed by atoms with Gasteiger partial charge >= 0.3 is 0 Å². The zero-order valence-corrected chi connectivity index (χ0v) is 13.6. The van der Waals surface area contributed by atoms with Crippen LogP contribution in [0.3, 0.4) is 0 Å². The van der Waals surface area contributed by atoms with E-state index in [1.807, 2.05) is 29.3 Å². The number of halogens is 2. The van der Waals surface area contributed by atoms with Crippen molar-refractivity contribution in [1.82, 2.24) is 20.3 Å². The Morgan fingerprint density at radius 1 is 1.36 bits per heavy atom. The molecule has 1 atom stereocenters. The van der Waals surface area contributed by atoms with E-state index in [1.165, 1.54) is 0 Å². The number of H-pyrrole nitrogens is 1. The molecule has 1 aliphatic carbocycles. The van der Waals surface area contributed by atoms with E-state index in [0.717, 1.165) is 24.4 Å². The van der Waals surface area contributed by atoms with Crippen LogP contribution in [-0.4, -0.2) is 45.9 Å². The molecule has 0 radical (unpaired) electrons. The number of hydrogen-bond donors (Lipinski definition) is 2. The minimum absolute atomic E-state index is 0.0560. The molecule has 25 heavy (non-hydrogen) atoms. The standard InChI is InChI=1S/C17H19F2N5O/c18-17(19)8-11(9-17)15(25)22-12-4-7-24(10-12)16-21-6-3-14(23-16)13-2-1-5-20-13/h1-3,5-6,11-12,20H,4,7-10H2,(H,22,25). The van der Waals surface area contributed by atoms with Gasteiger partial charge in [0, 0.05) is 50.3 Å². The van der Waals surface area contributed by atoms with E-state index in [-0.39, 0.29) is 24.8 Å². The Morgan fingerprint density at radius 3 is 2.92 bits per heavy atom. The molecule has 0 bridgehead atoms. The lowest BCUT2D eigenvalue weighted by Crippen LogP contribution is -2.48. The molecule has 8 heteroatoms. The normalized spacial score (nSPS) is 22.6. The number of nitrogens with one attached hydrogen (secondary N) is 2. The number of hydrogen-bond acceptors (Lipinski definition) is 4. The fourth-order valence-corrected chi connectivity index (χ4v) is 3.37. The Labute approximate surface area is 143 Å². The van der Waals surface area contributed by atoms with Gasteiger partial charge in [0.1, 0.15) is 0 Å². The summed E-state index contributed by atoms with van der Waals surface area (Å²) in [6.45, 7) is 1.31. The van der Waals surface area contributed by atoms with Gasteiger partial charge in [-0.1, -0.05) is 0 Å². The molecular weight excluding hydrogens is 328 g/mol. The van der Waals surface area contributed by atoms with Gasteiger partial charge in [0.25, 0.3) is 0 Å². The van der Waals surface area contributed by atoms with Crippen molar-refractivity contribution in [3.05, 3.63) is 30.6 Å². The van der Waals surface area contributed by atoms with Gasteiger partial charge in [0.15, 0.2) is 0 Å². The summed E-state index contributed by atoms with van der Waals surface area (Å²) < 4.78 is 25.8. The molecule has 2 aromatic rings. The van der Waals surface area contributed by atoms with Crippen molar-refractivity contribution >= 4 is 11.9 Å². The summed E-state index contributed by atoms with van der Waals surface area (Å²) in [6, 6.07) is 5.62. The molecule has 0 spiro atoms. The Kier molecular flexibility index (Phi) is 3.89. The number of carbonyl (C=O) groups is 1. The zero-order chi connectivity index (χ0) is 17.4. The van der Waals surface area contributed by atoms with Gasteiger partial charge < -0.3 is 15.2 Å². The van der Waals surface area contributed by atoms with Crippen molar-refractivity contribution in [2.75, 3.05) is 18.0 Å². The van der Waals surface area contributed by atoms with Gasteiger partial charge in [-0.15, -0.1) is 0 Å². The topological polar surface area (TPSA) is 73.9 Å². The van der Waals surface area contributed by atoms with Crippen LogP contribution in [0.4, 0.5) is 14.7 Å². The Hall–Kier alpha value is -2.51. The molecular formula is C17H19F2N5O. The minimum atomic E-state index is -2.67. The Morgan fingerprint density at radius 2 is 2.20 bits per heavy atom. The van der Waals surface area contributed by atoms with Crippen molar-refractivity contribution in [3.63, 3.8) is 0 Å². The second kappa shape index (κ2) is 6.09. The lowest BCUT2D eigenvalue weighted by Gasteiger charge is -2.34. The molecule has 1 amide bonds. The quantitative estimate of drug-likeness (QED) is 0.889. The first kappa shape index (κ1) is 16.0. The van der Waals surface area contributed by atoms with Crippen LogP contribution in [0.25, 0.3) is 11.4 Å². The number of alkyl halides is 2. The van der Waals surface area contributed by atoms with Crippen LogP contribution in [0, 0.1) is 5.92 Å². The molecule has 0 aromatic carbocycles. The number of anilines is 1. The summed E-state index contributed by atoms with van der Waals surface area (Å²) >= 11 is 0. The second-order valence-corrected chi connectivity index (χ2v) is 6.73. The monoisotopic (exact) mass is 347 g/mol. The van der Waals surface area contributed by atoms with Crippen LogP contribution in [0.1, 0.15) is 19.3 Å². The van der Waals surface area contributed by atoms with Gasteiger partial charge in [-0.2, -0.15) is 0 Å². The number of nitrogens with zero attached hydrogens (tertiary/aromatic N) is 3. The maximum Gasteiger partial charge on any atom is 0.249 e. The van der Waals surface area contributed by atoms with Crippen molar-refractivity contribution in [1.29, 1.82) is 0 Å². The number of carbonyl (C=O) groups excluding carboxylic acids is 1. The van der Waals surface area contributed by atoms with Crippen molar-refractivity contribution in [2.45, 2.75) is 31.2 Å². The van der Waals surface area contributed by atoms with E-state index in [2.05, 4.69) is 20.3 Å². The van der Waals surface area contributed by atoms with E-state index in [0.29, 0.717) is 12.5 Å². The second-order valence-electron chi connectivity index (χ2n) is 6.73. The highest BCUT2D eigenvalue weighted by Crippen LogP contribution is 2.42. The van der Waals surface area contributed by atoms with Crippen LogP contribution in [-0.2, 0) is 4.79 Å². The zero-order valence-electron chi connectivity index (χ0n) is 13.6. The minimum Gasteiger partial charge on any atom is -0.360 e. The molecule has 3 heterocycles. The lowest BCUT2D eigenvalue weighted by molar-refractivity contribution is -0.150. The van der Waals surface area contributed by atoms with Gasteiger partial charge in [-0.3, -0.25) is 4.79 Å². The first-order chi connectivity index (χ1) is 12.0. The smallest absolute Gasteiger partial charge is 0.249 e. The van der Waals surface area contributed by atoms with E-state index >= 15 is 0 Å². The summed E-state index contributed by atoms with van der Waals surface area (Å²) in [5.41, 5.74) is 1.72. The van der Waals surface area contributed by atoms with Crippen LogP contribution in [0.5, 0.6) is 0 Å². The summed E-state index contributed by atoms with van der Waals surface area (Å²) in [5, 5.41) is 2.88. The van der Waals surface area contributed by atoms with Gasteiger partial charge in [0.05, 0.1) is 11.4 Å². The van der Waals surface area contributed by atoms with E-state index < -0.39 is 11.8 Å². The molecule has 1 saturated carbocycles. The average Bonchev–Trinajstić information content (AvgIpc) is 3.24. The molecule has 1 aliphatic heterocycles. The number of aromatic amines is 1. The molecule has 132 valence electrons. The predicted molar refractivity (Wildman–Crippen MR) is 88.3 cm³/mol. The summed E-state index contributed by atoms with van der Waals surface area (Å²) in [4.78, 5) is 26.0. The van der Waals surface area contributed by atoms with Crippen LogP contribution in [0.15, 0.2) is 30.6 Å². The summed E-state index contributed by atoms with van der Waals surface area (Å²) in [5.74, 6) is -2.88. The first-order valence-electron chi connectivity index (χ1n) is 8.40. The highest BCUT2D eigenvalue weighted by molar-refractivity contribution is 5.80. The fourth-order valence-electron chi connectivity index (χ4n) is 3.37. The van der Waals surface area contributed by atoms with Gasteiger partial charge in [0.2, 0.25) is 17.8 Å². The number of rotatable bonds is 4. The Balaban J connectivity index is 1.36. The summed E-state index contributed by atoms with van der Waals surface area (Å²) in [6.07, 6.45) is 3.63. The predicted octanol–water partition coefficient (Wildman–Crippen LogP) is 2.21. The third-order valence-electron chi connectivity index (χ3n) is 4.80. The van der Waals surface area contributed by atoms with E-state index in [9.17, 15) is 13.6 Å². The number of aromatic nitrogens is 3. The molecule has 2 fully saturated rings. The SMILES string of the molecule is O=C(NC1CCN(c2nccc(-c3ccc[nH]3)n2)C1)C1CC(F)(F)C1. The summed E-state index contributed by atoms with van der Waals surface area (Å²) in [7, 11) is 0. The van der Waals surface area contributed by atoms with Crippen LogP contribution in [0.2, 0.25) is 0 Å². The maximum absolute atomic E-state index is 12.9. The van der Waals surface area contributed by atoms with Crippen LogP contribution < -0.4 is 10.2 Å². The molecule has 6 nitrogen and oxygen atoms in total. The van der Waals surface area contributed by atoms with Crippen molar-refractivity contribution in [2.24, 2.45) is 5.92 Å². The largest absolute Gasteiger partial charge is 0.360 e. The highest BCUT2D eigenvalue weighted by Gasteiger charge is 2.49. The third-order valence-corrected chi connectivity index (χ3v) is 4.80. The lowest BCUT2D eigenvalue weighted by atomic mass is 9.80.